The van der Waals surface area contributed by atoms with Crippen molar-refractivity contribution in [3.63, 3.8) is 0 Å². The SMILES string of the molecule is c1ccc(-c2nc(-c3ccccc3)nc(-c3ccc4c(c3)c3ccccc3n4-c3cccc4c3-c3ccccc3C43c4cccc5ccc6cccc3c6c45)n2)cc1. The zero-order valence-corrected chi connectivity index (χ0v) is 31.3. The molecule has 2 heterocycles. The van der Waals surface area contributed by atoms with Crippen LogP contribution in [0.1, 0.15) is 22.3 Å². The van der Waals surface area contributed by atoms with E-state index in [9.17, 15) is 0 Å². The lowest BCUT2D eigenvalue weighted by Crippen LogP contribution is -2.26. The molecular formula is C54H32N4. The summed E-state index contributed by atoms with van der Waals surface area (Å²) >= 11 is 0. The molecule has 0 radical (unpaired) electrons. The molecule has 0 saturated carbocycles. The van der Waals surface area contributed by atoms with E-state index >= 15 is 0 Å². The molecule has 4 heteroatoms. The van der Waals surface area contributed by atoms with Crippen LogP contribution in [0, 0.1) is 0 Å². The number of para-hydroxylation sites is 1. The monoisotopic (exact) mass is 736 g/mol. The minimum atomic E-state index is -0.428. The summed E-state index contributed by atoms with van der Waals surface area (Å²) in [5.74, 6) is 1.95. The quantitative estimate of drug-likeness (QED) is 0.169. The molecule has 4 nitrogen and oxygen atoms in total. The molecule has 0 amide bonds. The van der Waals surface area contributed by atoms with Gasteiger partial charge in [0.1, 0.15) is 0 Å². The first-order valence-electron chi connectivity index (χ1n) is 19.9. The first-order chi connectivity index (χ1) is 28.8. The molecule has 1 spiro atoms. The van der Waals surface area contributed by atoms with Crippen molar-refractivity contribution in [2.75, 3.05) is 0 Å². The van der Waals surface area contributed by atoms with Crippen LogP contribution in [-0.2, 0) is 5.41 Å². The van der Waals surface area contributed by atoms with Crippen molar-refractivity contribution in [2.24, 2.45) is 0 Å². The molecule has 0 fully saturated rings. The number of benzene rings is 9. The van der Waals surface area contributed by atoms with Crippen LogP contribution in [0.15, 0.2) is 194 Å². The van der Waals surface area contributed by atoms with Crippen LogP contribution in [0.25, 0.3) is 94.3 Å². The van der Waals surface area contributed by atoms with E-state index < -0.39 is 5.41 Å². The van der Waals surface area contributed by atoms with E-state index in [1.807, 2.05) is 36.4 Å². The number of hydrogen-bond donors (Lipinski definition) is 0. The molecule has 13 rings (SSSR count). The van der Waals surface area contributed by atoms with Crippen LogP contribution in [0.5, 0.6) is 0 Å². The highest BCUT2D eigenvalue weighted by atomic mass is 15.0. The zero-order valence-electron chi connectivity index (χ0n) is 31.3. The largest absolute Gasteiger partial charge is 0.309 e. The van der Waals surface area contributed by atoms with Gasteiger partial charge in [-0.25, -0.2) is 15.0 Å². The number of hydrogen-bond acceptors (Lipinski definition) is 3. The maximum absolute atomic E-state index is 5.08. The Labute approximate surface area is 334 Å². The number of rotatable bonds is 4. The maximum Gasteiger partial charge on any atom is 0.164 e. The van der Waals surface area contributed by atoms with E-state index in [1.54, 1.807) is 0 Å². The van der Waals surface area contributed by atoms with Crippen LogP contribution in [0.4, 0.5) is 0 Å². The number of fused-ring (bicyclic) bond motifs is 10. The van der Waals surface area contributed by atoms with Gasteiger partial charge in [0, 0.05) is 33.0 Å². The highest BCUT2D eigenvalue weighted by molar-refractivity contribution is 6.18. The molecule has 11 aromatic rings. The van der Waals surface area contributed by atoms with Gasteiger partial charge in [0.05, 0.1) is 22.1 Å². The maximum atomic E-state index is 5.08. The molecule has 0 aliphatic heterocycles. The summed E-state index contributed by atoms with van der Waals surface area (Å²) in [4.78, 5) is 15.1. The topological polar surface area (TPSA) is 43.6 Å². The average Bonchev–Trinajstić information content (AvgIpc) is 3.91. The molecule has 0 unspecified atom stereocenters. The Morgan fingerprint density at radius 1 is 0.362 bits per heavy atom. The lowest BCUT2D eigenvalue weighted by molar-refractivity contribution is 0.796. The van der Waals surface area contributed by atoms with Gasteiger partial charge in [-0.05, 0) is 79.7 Å². The second kappa shape index (κ2) is 11.7. The van der Waals surface area contributed by atoms with E-state index in [2.05, 4.69) is 162 Å². The van der Waals surface area contributed by atoms with E-state index in [-0.39, 0.29) is 0 Å². The molecular weight excluding hydrogens is 705 g/mol. The Balaban J connectivity index is 1.06. The molecule has 58 heavy (non-hydrogen) atoms. The fraction of sp³-hybridized carbons (Fsp3) is 0.0185. The van der Waals surface area contributed by atoms with Crippen LogP contribution >= 0.6 is 0 Å². The van der Waals surface area contributed by atoms with Gasteiger partial charge < -0.3 is 4.57 Å². The van der Waals surface area contributed by atoms with Crippen LogP contribution in [0.3, 0.4) is 0 Å². The summed E-state index contributed by atoms with van der Waals surface area (Å²) in [7, 11) is 0. The first kappa shape index (κ1) is 31.5. The van der Waals surface area contributed by atoms with Crippen molar-refractivity contribution in [3.8, 4) is 51.0 Å². The predicted molar refractivity (Wildman–Crippen MR) is 236 cm³/mol. The molecule has 0 atom stereocenters. The van der Waals surface area contributed by atoms with Crippen LogP contribution < -0.4 is 0 Å². The third-order valence-electron chi connectivity index (χ3n) is 12.6. The summed E-state index contributed by atoms with van der Waals surface area (Å²) in [6.45, 7) is 0. The third kappa shape index (κ3) is 4.10. The fourth-order valence-corrected chi connectivity index (χ4v) is 10.3. The van der Waals surface area contributed by atoms with Crippen molar-refractivity contribution >= 4 is 43.4 Å². The van der Waals surface area contributed by atoms with Gasteiger partial charge in [-0.1, -0.05) is 164 Å². The van der Waals surface area contributed by atoms with E-state index in [0.717, 1.165) is 33.1 Å². The molecule has 0 bridgehead atoms. The fourth-order valence-electron chi connectivity index (χ4n) is 10.3. The molecule has 268 valence electrons. The first-order valence-corrected chi connectivity index (χ1v) is 19.9. The van der Waals surface area contributed by atoms with E-state index in [0.29, 0.717) is 17.5 Å². The van der Waals surface area contributed by atoms with E-state index in [1.165, 1.54) is 66.0 Å². The van der Waals surface area contributed by atoms with Crippen molar-refractivity contribution in [3.05, 3.63) is 216 Å². The van der Waals surface area contributed by atoms with Crippen molar-refractivity contribution in [2.45, 2.75) is 5.41 Å². The van der Waals surface area contributed by atoms with Crippen LogP contribution in [-0.4, -0.2) is 19.5 Å². The zero-order chi connectivity index (χ0) is 38.0. The molecule has 0 saturated heterocycles. The van der Waals surface area contributed by atoms with Gasteiger partial charge in [-0.2, -0.15) is 0 Å². The van der Waals surface area contributed by atoms with Gasteiger partial charge in [-0.15, -0.1) is 0 Å². The van der Waals surface area contributed by atoms with Gasteiger partial charge in [0.15, 0.2) is 17.5 Å². The Bertz CT molecular complexity index is 3390. The normalized spacial score (nSPS) is 13.3. The van der Waals surface area contributed by atoms with Gasteiger partial charge >= 0.3 is 0 Å². The predicted octanol–water partition coefficient (Wildman–Crippen LogP) is 13.0. The highest BCUT2D eigenvalue weighted by Crippen LogP contribution is 2.63. The number of nitrogens with zero attached hydrogens (tertiary/aromatic N) is 4. The van der Waals surface area contributed by atoms with Crippen molar-refractivity contribution in [1.82, 2.24) is 19.5 Å². The Morgan fingerprint density at radius 2 is 0.897 bits per heavy atom. The summed E-state index contributed by atoms with van der Waals surface area (Å²) in [6, 6.07) is 70.2. The second-order valence-electron chi connectivity index (χ2n) is 15.5. The molecule has 0 N–H and O–H groups in total. The Kier molecular flexibility index (Phi) is 6.34. The van der Waals surface area contributed by atoms with Crippen LogP contribution in [0.2, 0.25) is 0 Å². The van der Waals surface area contributed by atoms with Crippen molar-refractivity contribution < 1.29 is 0 Å². The summed E-state index contributed by atoms with van der Waals surface area (Å²) in [6.07, 6.45) is 0. The molecule has 2 aliphatic carbocycles. The lowest BCUT2D eigenvalue weighted by atomic mass is 9.70. The Morgan fingerprint density at radius 3 is 1.59 bits per heavy atom. The summed E-state index contributed by atoms with van der Waals surface area (Å²) in [5.41, 5.74) is 13.9. The minimum absolute atomic E-state index is 0.428. The average molecular weight is 737 g/mol. The molecule has 2 aliphatic rings. The standard InChI is InChI=1S/C54H32N4/c1-3-14-35(15-4-1)51-55-52(36-16-5-2-6-17-36)57-53(56-51)37-30-31-46-40(32-37)38-20-8-10-26-45(38)58(46)47-27-13-25-44-50(47)39-21-7-9-22-41(39)54(44)42-23-11-18-33-28-29-34-19-12-24-43(54)49(34)48(33)42/h1-32H. The second-order valence-corrected chi connectivity index (χ2v) is 15.5. The minimum Gasteiger partial charge on any atom is -0.309 e. The molecule has 9 aromatic carbocycles. The van der Waals surface area contributed by atoms with Gasteiger partial charge in [-0.3, -0.25) is 0 Å². The lowest BCUT2D eigenvalue weighted by Gasteiger charge is -2.31. The van der Waals surface area contributed by atoms with Crippen molar-refractivity contribution in [1.29, 1.82) is 0 Å². The highest BCUT2D eigenvalue weighted by Gasteiger charge is 2.51. The van der Waals surface area contributed by atoms with Gasteiger partial charge in [0.25, 0.3) is 0 Å². The van der Waals surface area contributed by atoms with E-state index in [4.69, 9.17) is 15.0 Å². The summed E-state index contributed by atoms with van der Waals surface area (Å²) in [5, 5.41) is 7.66. The van der Waals surface area contributed by atoms with Gasteiger partial charge in [0.2, 0.25) is 0 Å². The number of aromatic nitrogens is 4. The molecule has 2 aromatic heterocycles. The Hall–Kier alpha value is -7.69. The third-order valence-corrected chi connectivity index (χ3v) is 12.6. The smallest absolute Gasteiger partial charge is 0.164 e. The summed E-state index contributed by atoms with van der Waals surface area (Å²) < 4.78 is 2.48.